The van der Waals surface area contributed by atoms with E-state index in [1.807, 2.05) is 49.3 Å². The Hall–Kier alpha value is -1.71. The lowest BCUT2D eigenvalue weighted by Crippen LogP contribution is -2.31. The quantitative estimate of drug-likeness (QED) is 0.905. The lowest BCUT2D eigenvalue weighted by Gasteiger charge is -2.26. The third kappa shape index (κ3) is 3.65. The SMILES string of the molecule is CN(C)C[C@H](O)[C@@H](c1ccccc1)c1ccc(F)cc1. The molecule has 2 atom stereocenters. The Kier molecular flexibility index (Phi) is 4.88. The number of halogens is 1. The Bertz CT molecular complexity index is 524. The maximum atomic E-state index is 13.1. The summed E-state index contributed by atoms with van der Waals surface area (Å²) in [6.07, 6.45) is -0.544. The van der Waals surface area contributed by atoms with Gasteiger partial charge in [0.05, 0.1) is 6.10 Å². The molecule has 2 aromatic carbocycles. The number of rotatable bonds is 5. The smallest absolute Gasteiger partial charge is 0.123 e. The summed E-state index contributed by atoms with van der Waals surface area (Å²) in [6, 6.07) is 16.2. The molecule has 20 heavy (non-hydrogen) atoms. The molecule has 2 aromatic rings. The second-order valence-electron chi connectivity index (χ2n) is 5.27. The van der Waals surface area contributed by atoms with Crippen LogP contribution in [0.4, 0.5) is 4.39 Å². The summed E-state index contributed by atoms with van der Waals surface area (Å²) in [5.41, 5.74) is 1.96. The second kappa shape index (κ2) is 6.64. The molecule has 0 aliphatic rings. The summed E-state index contributed by atoms with van der Waals surface area (Å²) in [4.78, 5) is 1.95. The van der Waals surface area contributed by atoms with E-state index in [1.165, 1.54) is 12.1 Å². The fourth-order valence-corrected chi connectivity index (χ4v) is 2.45. The number of hydrogen-bond acceptors (Lipinski definition) is 2. The van der Waals surface area contributed by atoms with Crippen LogP contribution in [0.25, 0.3) is 0 Å². The van der Waals surface area contributed by atoms with Gasteiger partial charge in [-0.1, -0.05) is 42.5 Å². The van der Waals surface area contributed by atoms with Crippen molar-refractivity contribution in [1.82, 2.24) is 4.90 Å². The van der Waals surface area contributed by atoms with E-state index in [2.05, 4.69) is 0 Å². The van der Waals surface area contributed by atoms with Crippen molar-refractivity contribution in [2.24, 2.45) is 0 Å². The molecule has 0 heterocycles. The summed E-state index contributed by atoms with van der Waals surface area (Å²) in [7, 11) is 3.85. The van der Waals surface area contributed by atoms with Crippen LogP contribution in [0.15, 0.2) is 54.6 Å². The zero-order valence-electron chi connectivity index (χ0n) is 11.8. The maximum absolute atomic E-state index is 13.1. The van der Waals surface area contributed by atoms with Crippen molar-refractivity contribution < 1.29 is 9.50 Å². The molecule has 2 rings (SSSR count). The lowest BCUT2D eigenvalue weighted by atomic mass is 9.86. The average molecular weight is 273 g/mol. The minimum atomic E-state index is -0.544. The zero-order chi connectivity index (χ0) is 14.5. The first-order chi connectivity index (χ1) is 9.58. The van der Waals surface area contributed by atoms with Gasteiger partial charge in [-0.2, -0.15) is 0 Å². The van der Waals surface area contributed by atoms with E-state index < -0.39 is 6.10 Å². The number of nitrogens with zero attached hydrogens (tertiary/aromatic N) is 1. The highest BCUT2D eigenvalue weighted by atomic mass is 19.1. The van der Waals surface area contributed by atoms with Gasteiger partial charge in [0.2, 0.25) is 0 Å². The molecular formula is C17H20FNO. The van der Waals surface area contributed by atoms with Gasteiger partial charge in [-0.05, 0) is 37.4 Å². The van der Waals surface area contributed by atoms with Gasteiger partial charge in [0.15, 0.2) is 0 Å². The molecule has 0 amide bonds. The van der Waals surface area contributed by atoms with Crippen LogP contribution >= 0.6 is 0 Å². The van der Waals surface area contributed by atoms with Gasteiger partial charge in [-0.15, -0.1) is 0 Å². The number of aliphatic hydroxyl groups is 1. The lowest BCUT2D eigenvalue weighted by molar-refractivity contribution is 0.121. The highest BCUT2D eigenvalue weighted by molar-refractivity contribution is 5.34. The summed E-state index contributed by atoms with van der Waals surface area (Å²) in [5, 5.41) is 10.5. The normalized spacial score (nSPS) is 14.2. The van der Waals surface area contributed by atoms with Crippen LogP contribution in [0, 0.1) is 5.82 Å². The summed E-state index contributed by atoms with van der Waals surface area (Å²) < 4.78 is 13.1. The highest BCUT2D eigenvalue weighted by Crippen LogP contribution is 2.28. The Morgan fingerprint density at radius 2 is 1.50 bits per heavy atom. The number of aliphatic hydroxyl groups excluding tert-OH is 1. The number of likely N-dealkylation sites (N-methyl/N-ethyl adjacent to an activating group) is 1. The Morgan fingerprint density at radius 1 is 0.950 bits per heavy atom. The van der Waals surface area contributed by atoms with E-state index in [0.717, 1.165) is 11.1 Å². The van der Waals surface area contributed by atoms with Crippen molar-refractivity contribution in [3.05, 3.63) is 71.5 Å². The Labute approximate surface area is 119 Å². The van der Waals surface area contributed by atoms with E-state index in [0.29, 0.717) is 6.54 Å². The average Bonchev–Trinajstić information content (AvgIpc) is 2.42. The molecule has 3 heteroatoms. The van der Waals surface area contributed by atoms with E-state index in [9.17, 15) is 9.50 Å². The van der Waals surface area contributed by atoms with Crippen LogP contribution < -0.4 is 0 Å². The third-order valence-corrected chi connectivity index (χ3v) is 3.32. The van der Waals surface area contributed by atoms with Gasteiger partial charge in [0.1, 0.15) is 5.82 Å². The van der Waals surface area contributed by atoms with Gasteiger partial charge in [-0.25, -0.2) is 4.39 Å². The molecule has 0 aliphatic carbocycles. The van der Waals surface area contributed by atoms with E-state index >= 15 is 0 Å². The largest absolute Gasteiger partial charge is 0.391 e. The van der Waals surface area contributed by atoms with Gasteiger partial charge in [0, 0.05) is 12.5 Å². The van der Waals surface area contributed by atoms with Crippen LogP contribution in [0.3, 0.4) is 0 Å². The molecule has 106 valence electrons. The summed E-state index contributed by atoms with van der Waals surface area (Å²) in [5.74, 6) is -0.415. The molecule has 2 nitrogen and oxygen atoms in total. The predicted molar refractivity (Wildman–Crippen MR) is 79.2 cm³/mol. The molecule has 0 unspecified atom stereocenters. The molecule has 0 radical (unpaired) electrons. The molecule has 0 spiro atoms. The fourth-order valence-electron chi connectivity index (χ4n) is 2.45. The minimum Gasteiger partial charge on any atom is -0.391 e. The van der Waals surface area contributed by atoms with Crippen LogP contribution in [-0.2, 0) is 0 Å². The maximum Gasteiger partial charge on any atom is 0.123 e. The Balaban J connectivity index is 2.36. The molecule has 0 aliphatic heterocycles. The number of benzene rings is 2. The molecule has 0 saturated heterocycles. The highest BCUT2D eigenvalue weighted by Gasteiger charge is 2.23. The Morgan fingerprint density at radius 3 is 2.05 bits per heavy atom. The molecular weight excluding hydrogens is 253 g/mol. The first-order valence-corrected chi connectivity index (χ1v) is 6.71. The third-order valence-electron chi connectivity index (χ3n) is 3.32. The topological polar surface area (TPSA) is 23.5 Å². The summed E-state index contributed by atoms with van der Waals surface area (Å²) >= 11 is 0. The van der Waals surface area contributed by atoms with Crippen molar-refractivity contribution in [3.63, 3.8) is 0 Å². The van der Waals surface area contributed by atoms with E-state index in [-0.39, 0.29) is 11.7 Å². The first kappa shape index (κ1) is 14.7. The molecule has 1 N–H and O–H groups in total. The van der Waals surface area contributed by atoms with E-state index in [4.69, 9.17) is 0 Å². The van der Waals surface area contributed by atoms with Crippen LogP contribution in [0.5, 0.6) is 0 Å². The van der Waals surface area contributed by atoms with Crippen molar-refractivity contribution >= 4 is 0 Å². The van der Waals surface area contributed by atoms with Crippen molar-refractivity contribution in [2.45, 2.75) is 12.0 Å². The first-order valence-electron chi connectivity index (χ1n) is 6.71. The molecule has 0 saturated carbocycles. The van der Waals surface area contributed by atoms with E-state index in [1.54, 1.807) is 12.1 Å². The standard InChI is InChI=1S/C17H20FNO/c1-19(2)12-16(20)17(13-6-4-3-5-7-13)14-8-10-15(18)11-9-14/h3-11,16-17,20H,12H2,1-2H3/t16-,17-/m0/s1. The number of hydrogen-bond donors (Lipinski definition) is 1. The minimum absolute atomic E-state index is 0.154. The van der Waals surface area contributed by atoms with Gasteiger partial charge in [-0.3, -0.25) is 0 Å². The molecule has 0 fully saturated rings. The van der Waals surface area contributed by atoms with Gasteiger partial charge >= 0.3 is 0 Å². The van der Waals surface area contributed by atoms with Crippen molar-refractivity contribution in [1.29, 1.82) is 0 Å². The van der Waals surface area contributed by atoms with Crippen LogP contribution in [-0.4, -0.2) is 36.8 Å². The van der Waals surface area contributed by atoms with Gasteiger partial charge in [0.25, 0.3) is 0 Å². The van der Waals surface area contributed by atoms with Crippen LogP contribution in [0.2, 0.25) is 0 Å². The fraction of sp³-hybridized carbons (Fsp3) is 0.294. The zero-order valence-corrected chi connectivity index (χ0v) is 11.8. The molecule has 0 aromatic heterocycles. The summed E-state index contributed by atoms with van der Waals surface area (Å²) in [6.45, 7) is 0.553. The second-order valence-corrected chi connectivity index (χ2v) is 5.27. The molecule has 0 bridgehead atoms. The monoisotopic (exact) mass is 273 g/mol. The van der Waals surface area contributed by atoms with Crippen molar-refractivity contribution in [2.75, 3.05) is 20.6 Å². The van der Waals surface area contributed by atoms with Gasteiger partial charge < -0.3 is 10.0 Å². The van der Waals surface area contributed by atoms with Crippen LogP contribution in [0.1, 0.15) is 17.0 Å². The van der Waals surface area contributed by atoms with Crippen molar-refractivity contribution in [3.8, 4) is 0 Å². The predicted octanol–water partition coefficient (Wildman–Crippen LogP) is 2.88.